The lowest BCUT2D eigenvalue weighted by Gasteiger charge is -2.20. The van der Waals surface area contributed by atoms with Gasteiger partial charge in [0.1, 0.15) is 5.84 Å². The van der Waals surface area contributed by atoms with Crippen LogP contribution in [0.15, 0.2) is 34.2 Å². The van der Waals surface area contributed by atoms with Crippen LogP contribution in [0, 0.1) is 0 Å². The number of hydrogen-bond acceptors (Lipinski definition) is 4. The average Bonchev–Trinajstić information content (AvgIpc) is 2.70. The Morgan fingerprint density at radius 3 is 2.25 bits per heavy atom. The lowest BCUT2D eigenvalue weighted by atomic mass is 10.2. The summed E-state index contributed by atoms with van der Waals surface area (Å²) < 4.78 is 60.1. The van der Waals surface area contributed by atoms with Gasteiger partial charge in [-0.2, -0.15) is 13.2 Å². The van der Waals surface area contributed by atoms with E-state index in [0.29, 0.717) is 5.69 Å². The highest BCUT2D eigenvalue weighted by atomic mass is 32.2. The van der Waals surface area contributed by atoms with Crippen molar-refractivity contribution in [2.75, 3.05) is 11.4 Å². The van der Waals surface area contributed by atoms with Crippen molar-refractivity contribution >= 4 is 21.5 Å². The van der Waals surface area contributed by atoms with Crippen LogP contribution in [0.4, 0.5) is 18.9 Å². The van der Waals surface area contributed by atoms with Crippen LogP contribution >= 0.6 is 0 Å². The van der Waals surface area contributed by atoms with Gasteiger partial charge in [0.2, 0.25) is 10.0 Å². The fourth-order valence-corrected chi connectivity index (χ4v) is 2.44. The van der Waals surface area contributed by atoms with Gasteiger partial charge in [-0.15, -0.1) is 0 Å². The van der Waals surface area contributed by atoms with Crippen LogP contribution in [0.5, 0.6) is 0 Å². The third kappa shape index (κ3) is 2.93. The zero-order valence-corrected chi connectivity index (χ0v) is 11.2. The summed E-state index contributed by atoms with van der Waals surface area (Å²) in [5, 5.41) is 4.95. The van der Waals surface area contributed by atoms with E-state index in [1.165, 1.54) is 36.1 Å². The predicted octanol–water partition coefficient (Wildman–Crippen LogP) is 1.50. The number of amidine groups is 1. The Hall–Kier alpha value is -1.61. The lowest BCUT2D eigenvalue weighted by Crippen LogP contribution is -2.34. The summed E-state index contributed by atoms with van der Waals surface area (Å²) in [4.78, 5) is 4.85. The molecule has 0 saturated carbocycles. The smallest absolute Gasteiger partial charge is 0.328 e. The molecule has 1 aliphatic heterocycles. The van der Waals surface area contributed by atoms with E-state index >= 15 is 0 Å². The molecule has 1 aromatic carbocycles. The summed E-state index contributed by atoms with van der Waals surface area (Å²) in [5.41, 5.74) is 0.436. The van der Waals surface area contributed by atoms with Gasteiger partial charge >= 0.3 is 6.18 Å². The number of nitrogens with two attached hydrogens (primary N) is 1. The number of anilines is 1. The lowest BCUT2D eigenvalue weighted by molar-refractivity contribution is -0.142. The highest BCUT2D eigenvalue weighted by Crippen LogP contribution is 2.30. The fourth-order valence-electron chi connectivity index (χ4n) is 1.93. The summed E-state index contributed by atoms with van der Waals surface area (Å²) in [6.07, 6.45) is -4.39. The Kier molecular flexibility index (Phi) is 3.51. The van der Waals surface area contributed by atoms with Crippen molar-refractivity contribution in [3.8, 4) is 0 Å². The predicted molar refractivity (Wildman–Crippen MR) is 68.1 cm³/mol. The summed E-state index contributed by atoms with van der Waals surface area (Å²) >= 11 is 0. The number of nitrogens with zero attached hydrogens (tertiary/aromatic N) is 2. The van der Waals surface area contributed by atoms with Crippen molar-refractivity contribution in [3.63, 3.8) is 0 Å². The van der Waals surface area contributed by atoms with Gasteiger partial charge < -0.3 is 4.90 Å². The molecule has 9 heteroatoms. The summed E-state index contributed by atoms with van der Waals surface area (Å²) in [6, 6.07) is 3.53. The average molecular weight is 307 g/mol. The van der Waals surface area contributed by atoms with Gasteiger partial charge in [-0.1, -0.05) is 0 Å². The Balaban J connectivity index is 2.25. The molecule has 0 aromatic heterocycles. The molecule has 1 unspecified atom stereocenters. The molecule has 2 rings (SSSR count). The SMILES string of the molecule is CC1=NC(C(F)(F)F)CN1c1ccc(S(N)(=O)=O)cc1. The normalized spacial score (nSPS) is 20.1. The van der Waals surface area contributed by atoms with Crippen molar-refractivity contribution in [3.05, 3.63) is 24.3 Å². The molecule has 0 bridgehead atoms. The molecule has 1 aromatic rings. The first-order chi connectivity index (χ1) is 9.09. The summed E-state index contributed by atoms with van der Waals surface area (Å²) in [5.74, 6) is 0.232. The minimum absolute atomic E-state index is 0.0950. The van der Waals surface area contributed by atoms with Crippen LogP contribution in [0.1, 0.15) is 6.92 Å². The van der Waals surface area contributed by atoms with E-state index < -0.39 is 22.2 Å². The highest BCUT2D eigenvalue weighted by molar-refractivity contribution is 7.89. The summed E-state index contributed by atoms with van der Waals surface area (Å²) in [7, 11) is -3.82. The van der Waals surface area contributed by atoms with Gasteiger partial charge in [0.25, 0.3) is 0 Å². The van der Waals surface area contributed by atoms with Gasteiger partial charge in [-0.3, -0.25) is 4.99 Å². The standard InChI is InChI=1S/C11H12F3N3O2S/c1-7-16-10(11(12,13)14)6-17(7)8-2-4-9(5-3-8)20(15,18)19/h2-5,10H,6H2,1H3,(H2,15,18,19). The Morgan fingerprint density at radius 1 is 1.30 bits per heavy atom. The minimum Gasteiger partial charge on any atom is -0.328 e. The van der Waals surface area contributed by atoms with E-state index in [1.807, 2.05) is 0 Å². The second-order valence-electron chi connectivity index (χ2n) is 4.38. The molecule has 110 valence electrons. The first-order valence-electron chi connectivity index (χ1n) is 5.60. The molecular formula is C11H12F3N3O2S. The molecule has 1 atom stereocenters. The van der Waals surface area contributed by atoms with E-state index in [0.717, 1.165) is 0 Å². The number of benzene rings is 1. The quantitative estimate of drug-likeness (QED) is 0.899. The fraction of sp³-hybridized carbons (Fsp3) is 0.364. The first kappa shape index (κ1) is 14.8. The van der Waals surface area contributed by atoms with Gasteiger partial charge in [-0.05, 0) is 31.2 Å². The van der Waals surface area contributed by atoms with Crippen molar-refractivity contribution in [2.45, 2.75) is 24.0 Å². The molecule has 0 amide bonds. The van der Waals surface area contributed by atoms with Crippen molar-refractivity contribution in [1.29, 1.82) is 0 Å². The number of halogens is 3. The van der Waals surface area contributed by atoms with E-state index in [9.17, 15) is 21.6 Å². The molecule has 5 nitrogen and oxygen atoms in total. The van der Waals surface area contributed by atoms with Crippen LogP contribution in [-0.4, -0.2) is 33.0 Å². The molecule has 0 spiro atoms. The van der Waals surface area contributed by atoms with Gasteiger partial charge in [-0.25, -0.2) is 13.6 Å². The van der Waals surface area contributed by atoms with Crippen LogP contribution < -0.4 is 10.0 Å². The highest BCUT2D eigenvalue weighted by Gasteiger charge is 2.44. The molecule has 0 radical (unpaired) electrons. The molecule has 0 saturated heterocycles. The Labute approximate surface area is 114 Å². The van der Waals surface area contributed by atoms with E-state index in [4.69, 9.17) is 5.14 Å². The number of hydrogen-bond donors (Lipinski definition) is 1. The number of alkyl halides is 3. The van der Waals surface area contributed by atoms with Gasteiger partial charge in [0.15, 0.2) is 6.04 Å². The maximum Gasteiger partial charge on any atom is 0.412 e. The number of primary sulfonamides is 1. The maximum absolute atomic E-state index is 12.6. The minimum atomic E-state index is -4.39. The zero-order valence-electron chi connectivity index (χ0n) is 10.4. The van der Waals surface area contributed by atoms with E-state index in [-0.39, 0.29) is 17.3 Å². The number of aliphatic imine (C=N–C) groups is 1. The first-order valence-corrected chi connectivity index (χ1v) is 7.15. The zero-order chi connectivity index (χ0) is 15.1. The molecular weight excluding hydrogens is 295 g/mol. The molecule has 1 aliphatic rings. The van der Waals surface area contributed by atoms with Crippen LogP contribution in [-0.2, 0) is 10.0 Å². The largest absolute Gasteiger partial charge is 0.412 e. The number of sulfonamides is 1. The third-order valence-electron chi connectivity index (χ3n) is 2.94. The van der Waals surface area contributed by atoms with Crippen LogP contribution in [0.3, 0.4) is 0 Å². The molecule has 0 aliphatic carbocycles. The second kappa shape index (κ2) is 4.74. The Morgan fingerprint density at radius 2 is 1.85 bits per heavy atom. The molecule has 1 heterocycles. The van der Waals surface area contributed by atoms with Crippen molar-refractivity contribution in [1.82, 2.24) is 0 Å². The van der Waals surface area contributed by atoms with Crippen molar-refractivity contribution < 1.29 is 21.6 Å². The van der Waals surface area contributed by atoms with Crippen LogP contribution in [0.2, 0.25) is 0 Å². The number of rotatable bonds is 2. The Bertz CT molecular complexity index is 638. The maximum atomic E-state index is 12.6. The second-order valence-corrected chi connectivity index (χ2v) is 5.94. The van der Waals surface area contributed by atoms with Crippen LogP contribution in [0.25, 0.3) is 0 Å². The molecule has 2 N–H and O–H groups in total. The third-order valence-corrected chi connectivity index (χ3v) is 3.87. The summed E-state index contributed by atoms with van der Waals surface area (Å²) in [6.45, 7) is 1.16. The topological polar surface area (TPSA) is 75.8 Å². The van der Waals surface area contributed by atoms with E-state index in [2.05, 4.69) is 4.99 Å². The van der Waals surface area contributed by atoms with Gasteiger partial charge in [0, 0.05) is 5.69 Å². The molecule has 20 heavy (non-hydrogen) atoms. The monoisotopic (exact) mass is 307 g/mol. The van der Waals surface area contributed by atoms with E-state index in [1.54, 1.807) is 0 Å². The molecule has 0 fully saturated rings. The van der Waals surface area contributed by atoms with Gasteiger partial charge in [0.05, 0.1) is 11.4 Å². The van der Waals surface area contributed by atoms with Crippen molar-refractivity contribution in [2.24, 2.45) is 10.1 Å².